The third-order valence-electron chi connectivity index (χ3n) is 0.0609. The summed E-state index contributed by atoms with van der Waals surface area (Å²) in [4.78, 5) is 0. The predicted octanol–water partition coefficient (Wildman–Crippen LogP) is -0.0192. The standard InChI is InChI=1S/B2OP/c1-2-4-3. The molecule has 17 valence electrons. The SMILES string of the molecule is [B][B]P=O. The molecule has 0 aliphatic rings. The molecule has 0 saturated carbocycles. The van der Waals surface area contributed by atoms with E-state index >= 15 is 0 Å². The van der Waals surface area contributed by atoms with Crippen molar-refractivity contribution in [3.8, 4) is 0 Å². The lowest BCUT2D eigenvalue weighted by molar-refractivity contribution is 0.605. The fourth-order valence-corrected chi connectivity index (χ4v) is 0. The third-order valence-corrected chi connectivity index (χ3v) is 0.183. The second kappa shape index (κ2) is 3.23. The molecular weight excluding hydrogens is 68.6 g/mol. The van der Waals surface area contributed by atoms with Crippen LogP contribution in [0.15, 0.2) is 0 Å². The van der Waals surface area contributed by atoms with E-state index in [-0.39, 0.29) is 8.34 Å². The molecule has 0 aromatic heterocycles. The van der Waals surface area contributed by atoms with E-state index in [2.05, 4.69) is 7.74 Å². The third kappa shape index (κ3) is 2.23. The van der Waals surface area contributed by atoms with Gasteiger partial charge in [-0.1, -0.05) is 0 Å². The average molecular weight is 68.6 g/mol. The lowest BCUT2D eigenvalue weighted by atomic mass is 9.79. The van der Waals surface area contributed by atoms with E-state index in [9.17, 15) is 0 Å². The molecule has 3 radical (unpaired) electrons. The number of rotatable bonds is 1. The Balaban J connectivity index is 2.30. The Morgan fingerprint density at radius 3 is 2.25 bits per heavy atom. The minimum absolute atomic E-state index is 0.0988. The van der Waals surface area contributed by atoms with Gasteiger partial charge in [0.05, 0.1) is 8.34 Å². The lowest BCUT2D eigenvalue weighted by Crippen LogP contribution is -1.64. The van der Waals surface area contributed by atoms with Crippen molar-refractivity contribution in [2.24, 2.45) is 0 Å². The van der Waals surface area contributed by atoms with E-state index in [1.807, 2.05) is 0 Å². The van der Waals surface area contributed by atoms with Crippen molar-refractivity contribution in [3.05, 3.63) is 0 Å². The minimum Gasteiger partial charge on any atom is -0.290 e. The molecule has 0 unspecified atom stereocenters. The molecule has 1 nitrogen and oxygen atoms in total. The van der Waals surface area contributed by atoms with E-state index in [1.165, 1.54) is 0 Å². The maximum Gasteiger partial charge on any atom is 0.183 e. The first-order chi connectivity index (χ1) is 1.91. The van der Waals surface area contributed by atoms with Crippen LogP contribution >= 0.6 is 8.34 Å². The first-order valence-corrected chi connectivity index (χ1v) is 1.66. The highest BCUT2D eigenvalue weighted by Gasteiger charge is 1.61. The van der Waals surface area contributed by atoms with Gasteiger partial charge < -0.3 is 0 Å². The molecule has 0 N–H and O–H groups in total. The average Bonchev–Trinajstić information content (AvgIpc) is 1.37. The van der Waals surface area contributed by atoms with E-state index in [4.69, 9.17) is 4.57 Å². The fraction of sp³-hybridized carbons (Fsp3) is 0. The molecule has 0 amide bonds. The Kier molecular flexibility index (Phi) is 3.42. The first-order valence-electron chi connectivity index (χ1n) is 0.774. The van der Waals surface area contributed by atoms with E-state index in [0.29, 0.717) is 0 Å². The Labute approximate surface area is 28.6 Å². The molecule has 0 aromatic carbocycles. The highest BCUT2D eigenvalue weighted by Crippen LogP contribution is 1.74. The molecule has 4 heteroatoms. The molecule has 0 spiro atoms. The van der Waals surface area contributed by atoms with Crippen LogP contribution in [0.4, 0.5) is 0 Å². The molecule has 0 bridgehead atoms. The van der Waals surface area contributed by atoms with Crippen LogP contribution in [0.1, 0.15) is 0 Å². The summed E-state index contributed by atoms with van der Waals surface area (Å²) >= 11 is 0. The molecule has 4 heavy (non-hydrogen) atoms. The lowest BCUT2D eigenvalue weighted by Gasteiger charge is -1.43. The van der Waals surface area contributed by atoms with Gasteiger partial charge in [-0.3, -0.25) is 4.57 Å². The van der Waals surface area contributed by atoms with Gasteiger partial charge in [-0.05, 0) is 0 Å². The maximum absolute atomic E-state index is 9.09. The van der Waals surface area contributed by atoms with Gasteiger partial charge in [-0.15, -0.1) is 0 Å². The van der Waals surface area contributed by atoms with Crippen LogP contribution in [0.5, 0.6) is 0 Å². The zero-order chi connectivity index (χ0) is 3.41. The molecule has 0 atom stereocenters. The molecule has 0 heterocycles. The predicted molar refractivity (Wildman–Crippen MR) is 19.1 cm³/mol. The summed E-state index contributed by atoms with van der Waals surface area (Å²) in [6.45, 7) is 1.04. The minimum atomic E-state index is -0.0988. The van der Waals surface area contributed by atoms with E-state index in [0.717, 1.165) is 6.89 Å². The van der Waals surface area contributed by atoms with Gasteiger partial charge >= 0.3 is 0 Å². The highest BCUT2D eigenvalue weighted by molar-refractivity contribution is 7.69. The van der Waals surface area contributed by atoms with Crippen LogP contribution in [0.3, 0.4) is 0 Å². The Hall–Kier alpha value is 0.230. The molecule has 0 aliphatic carbocycles. The van der Waals surface area contributed by atoms with Crippen molar-refractivity contribution in [2.45, 2.75) is 0 Å². The van der Waals surface area contributed by atoms with E-state index in [1.54, 1.807) is 0 Å². The number of hydrogen-bond acceptors (Lipinski definition) is 1. The van der Waals surface area contributed by atoms with Crippen molar-refractivity contribution in [1.29, 1.82) is 0 Å². The maximum atomic E-state index is 9.09. The number of hydrogen-bond donors (Lipinski definition) is 0. The summed E-state index contributed by atoms with van der Waals surface area (Å²) in [5.41, 5.74) is 0. The Morgan fingerprint density at radius 1 is 2.00 bits per heavy atom. The van der Waals surface area contributed by atoms with E-state index < -0.39 is 0 Å². The zero-order valence-corrected chi connectivity index (χ0v) is 2.90. The molecule has 0 fully saturated rings. The van der Waals surface area contributed by atoms with Gasteiger partial charge in [0.1, 0.15) is 0 Å². The Morgan fingerprint density at radius 2 is 2.25 bits per heavy atom. The van der Waals surface area contributed by atoms with Crippen LogP contribution in [0.2, 0.25) is 0 Å². The van der Waals surface area contributed by atoms with Gasteiger partial charge in [0.2, 0.25) is 0 Å². The molecule has 0 aromatic rings. The summed E-state index contributed by atoms with van der Waals surface area (Å²) in [6.07, 6.45) is 0. The smallest absolute Gasteiger partial charge is 0.183 e. The van der Waals surface area contributed by atoms with Crippen LogP contribution in [-0.2, 0) is 4.57 Å². The Bertz CT molecular complexity index is 20.0. The summed E-state index contributed by atoms with van der Waals surface area (Å²) in [5.74, 6) is 0. The van der Waals surface area contributed by atoms with Crippen molar-refractivity contribution in [2.75, 3.05) is 0 Å². The normalized spacial score (nSPS) is 7.00. The van der Waals surface area contributed by atoms with Gasteiger partial charge in [0.15, 0.2) is 6.89 Å². The topological polar surface area (TPSA) is 17.1 Å². The van der Waals surface area contributed by atoms with Crippen molar-refractivity contribution in [1.82, 2.24) is 0 Å². The molecule has 0 saturated heterocycles. The van der Waals surface area contributed by atoms with Crippen LogP contribution < -0.4 is 0 Å². The van der Waals surface area contributed by atoms with Crippen LogP contribution in [-0.4, -0.2) is 14.6 Å². The van der Waals surface area contributed by atoms with Gasteiger partial charge in [-0.2, -0.15) is 0 Å². The summed E-state index contributed by atoms with van der Waals surface area (Å²) in [6, 6.07) is 0. The van der Waals surface area contributed by atoms with Crippen LogP contribution in [0.25, 0.3) is 0 Å². The second-order valence-electron chi connectivity index (χ2n) is 0.254. The summed E-state index contributed by atoms with van der Waals surface area (Å²) in [5, 5.41) is 0. The summed E-state index contributed by atoms with van der Waals surface area (Å²) < 4.78 is 9.09. The quantitative estimate of drug-likeness (QED) is 0.312. The van der Waals surface area contributed by atoms with Gasteiger partial charge in [0.25, 0.3) is 0 Å². The molecule has 0 rings (SSSR count). The van der Waals surface area contributed by atoms with Gasteiger partial charge in [-0.25, -0.2) is 0 Å². The zero-order valence-electron chi connectivity index (χ0n) is 2.01. The van der Waals surface area contributed by atoms with Crippen LogP contribution in [0, 0.1) is 0 Å². The second-order valence-corrected chi connectivity index (χ2v) is 0.763. The van der Waals surface area contributed by atoms with Crippen molar-refractivity contribution >= 4 is 23.0 Å². The largest absolute Gasteiger partial charge is 0.290 e. The fourth-order valence-electron chi connectivity index (χ4n) is 0. The van der Waals surface area contributed by atoms with Crippen molar-refractivity contribution < 1.29 is 4.57 Å². The monoisotopic (exact) mass is 69.0 g/mol. The first kappa shape index (κ1) is 4.23. The van der Waals surface area contributed by atoms with Crippen molar-refractivity contribution in [3.63, 3.8) is 0 Å². The molecule has 0 aliphatic heterocycles. The van der Waals surface area contributed by atoms with Gasteiger partial charge in [0, 0.05) is 7.74 Å². The molecular formula is B2OP. The summed E-state index contributed by atoms with van der Waals surface area (Å²) in [7, 11) is 4.48. The highest BCUT2D eigenvalue weighted by atomic mass is 31.1.